The number of carbonyl (C=O) groups excluding carboxylic acids is 1. The first-order valence-corrected chi connectivity index (χ1v) is 3.01. The van der Waals surface area contributed by atoms with Gasteiger partial charge in [0.15, 0.2) is 0 Å². The molecule has 0 atom stereocenters. The van der Waals surface area contributed by atoms with Gasteiger partial charge < -0.3 is 0 Å². The smallest absolute Gasteiger partial charge is 0.221 e. The van der Waals surface area contributed by atoms with Crippen LogP contribution in [0, 0.1) is 0 Å². The lowest BCUT2D eigenvalue weighted by Crippen LogP contribution is -2.37. The predicted octanol–water partition coefficient (Wildman–Crippen LogP) is 0.321. The molecule has 1 amide bonds. The third-order valence-electron chi connectivity index (χ3n) is 0.934. The van der Waals surface area contributed by atoms with E-state index in [0.717, 1.165) is 0 Å². The van der Waals surface area contributed by atoms with Crippen LogP contribution < -0.4 is 5.43 Å². The van der Waals surface area contributed by atoms with E-state index < -0.39 is 0 Å². The summed E-state index contributed by atoms with van der Waals surface area (Å²) in [5.74, 6) is 0. The second-order valence-electron chi connectivity index (χ2n) is 1.73. The van der Waals surface area contributed by atoms with Crippen molar-refractivity contribution < 1.29 is 4.79 Å². The van der Waals surface area contributed by atoms with Crippen molar-refractivity contribution in [1.29, 1.82) is 0 Å². The van der Waals surface area contributed by atoms with E-state index in [-0.39, 0.29) is 0 Å². The molecular formula is C7H12N2O. The third kappa shape index (κ3) is 3.86. The molecule has 0 fully saturated rings. The molecule has 0 spiro atoms. The second kappa shape index (κ2) is 6.04. The van der Waals surface area contributed by atoms with Gasteiger partial charge >= 0.3 is 0 Å². The highest BCUT2D eigenvalue weighted by atomic mass is 16.1. The number of hydrogen-bond acceptors (Lipinski definition) is 2. The van der Waals surface area contributed by atoms with Crippen LogP contribution in [0.5, 0.6) is 0 Å². The molecular weight excluding hydrogens is 128 g/mol. The van der Waals surface area contributed by atoms with Crippen molar-refractivity contribution in [3.63, 3.8) is 0 Å². The number of nitrogens with one attached hydrogen (secondary N) is 1. The maximum absolute atomic E-state index is 9.94. The Kier molecular flexibility index (Phi) is 5.38. The Balaban J connectivity index is 3.58. The van der Waals surface area contributed by atoms with Crippen molar-refractivity contribution in [3.05, 3.63) is 25.3 Å². The standard InChI is InChI=1S/C7H12N2O/c1-3-5-9(6-4-2)8-7-10/h3-4,7H,1-2,5-6H2,(H,8,10). The lowest BCUT2D eigenvalue weighted by molar-refractivity contribution is -0.113. The zero-order valence-corrected chi connectivity index (χ0v) is 5.92. The van der Waals surface area contributed by atoms with Crippen LogP contribution in [0.1, 0.15) is 0 Å². The fourth-order valence-electron chi connectivity index (χ4n) is 0.566. The van der Waals surface area contributed by atoms with Gasteiger partial charge in [0.25, 0.3) is 0 Å². The van der Waals surface area contributed by atoms with Crippen LogP contribution in [0.15, 0.2) is 25.3 Å². The van der Waals surface area contributed by atoms with Gasteiger partial charge in [-0.1, -0.05) is 12.2 Å². The van der Waals surface area contributed by atoms with E-state index in [9.17, 15) is 4.79 Å². The molecule has 0 aromatic heterocycles. The minimum atomic E-state index is 0.630. The lowest BCUT2D eigenvalue weighted by atomic mass is 10.5. The first-order chi connectivity index (χ1) is 4.85. The molecule has 0 aliphatic heterocycles. The summed E-state index contributed by atoms with van der Waals surface area (Å²) in [5, 5.41) is 1.69. The zero-order chi connectivity index (χ0) is 7.82. The van der Waals surface area contributed by atoms with Gasteiger partial charge in [-0.25, -0.2) is 5.01 Å². The Bertz CT molecular complexity index is 99.0. The molecule has 0 aromatic rings. The highest BCUT2D eigenvalue weighted by Crippen LogP contribution is 1.80. The Morgan fingerprint density at radius 3 is 2.10 bits per heavy atom. The fourth-order valence-corrected chi connectivity index (χ4v) is 0.566. The Morgan fingerprint density at radius 2 is 1.80 bits per heavy atom. The van der Waals surface area contributed by atoms with Gasteiger partial charge in [0, 0.05) is 13.1 Å². The van der Waals surface area contributed by atoms with Crippen LogP contribution >= 0.6 is 0 Å². The van der Waals surface area contributed by atoms with Crippen LogP contribution in [0.25, 0.3) is 0 Å². The van der Waals surface area contributed by atoms with Gasteiger partial charge in [-0.2, -0.15) is 0 Å². The van der Waals surface area contributed by atoms with Crippen molar-refractivity contribution in [2.24, 2.45) is 0 Å². The van der Waals surface area contributed by atoms with Crippen LogP contribution in [0.3, 0.4) is 0 Å². The quantitative estimate of drug-likeness (QED) is 0.327. The molecule has 3 nitrogen and oxygen atoms in total. The number of amides is 1. The monoisotopic (exact) mass is 140 g/mol. The minimum Gasteiger partial charge on any atom is -0.291 e. The maximum Gasteiger partial charge on any atom is 0.221 e. The van der Waals surface area contributed by atoms with E-state index >= 15 is 0 Å². The summed E-state index contributed by atoms with van der Waals surface area (Å²) in [6.07, 6.45) is 4.05. The summed E-state index contributed by atoms with van der Waals surface area (Å²) in [4.78, 5) is 9.94. The molecule has 0 unspecified atom stereocenters. The van der Waals surface area contributed by atoms with E-state index in [0.29, 0.717) is 19.5 Å². The molecule has 0 bridgehead atoms. The molecule has 56 valence electrons. The highest BCUT2D eigenvalue weighted by Gasteiger charge is 1.94. The molecule has 3 heteroatoms. The lowest BCUT2D eigenvalue weighted by Gasteiger charge is -2.15. The molecule has 0 saturated carbocycles. The summed E-state index contributed by atoms with van der Waals surface area (Å²) in [6, 6.07) is 0. The molecule has 0 saturated heterocycles. The molecule has 0 aliphatic carbocycles. The fraction of sp³-hybridized carbons (Fsp3) is 0.286. The third-order valence-corrected chi connectivity index (χ3v) is 0.934. The van der Waals surface area contributed by atoms with E-state index in [1.165, 1.54) is 0 Å². The average molecular weight is 140 g/mol. The Hall–Kier alpha value is -1.09. The molecule has 0 rings (SSSR count). The van der Waals surface area contributed by atoms with Crippen LogP contribution in [-0.2, 0) is 4.79 Å². The zero-order valence-electron chi connectivity index (χ0n) is 5.92. The largest absolute Gasteiger partial charge is 0.291 e. The summed E-state index contributed by atoms with van der Waals surface area (Å²) < 4.78 is 0. The molecule has 0 aromatic carbocycles. The summed E-state index contributed by atoms with van der Waals surface area (Å²) in [7, 11) is 0. The average Bonchev–Trinajstić information content (AvgIpc) is 1.90. The van der Waals surface area contributed by atoms with Gasteiger partial charge in [0.2, 0.25) is 6.41 Å². The summed E-state index contributed by atoms with van der Waals surface area (Å²) in [5.41, 5.74) is 2.49. The van der Waals surface area contributed by atoms with Crippen molar-refractivity contribution in [1.82, 2.24) is 10.4 Å². The first-order valence-electron chi connectivity index (χ1n) is 3.01. The maximum atomic E-state index is 9.94. The van der Waals surface area contributed by atoms with E-state index in [4.69, 9.17) is 0 Å². The molecule has 0 aliphatic rings. The van der Waals surface area contributed by atoms with Crippen LogP contribution in [0.4, 0.5) is 0 Å². The molecule has 0 radical (unpaired) electrons. The van der Waals surface area contributed by atoms with E-state index in [1.807, 2.05) is 0 Å². The Morgan fingerprint density at radius 1 is 1.30 bits per heavy atom. The number of nitrogens with zero attached hydrogens (tertiary/aromatic N) is 1. The second-order valence-corrected chi connectivity index (χ2v) is 1.73. The van der Waals surface area contributed by atoms with Gasteiger partial charge in [0.05, 0.1) is 0 Å². The topological polar surface area (TPSA) is 32.3 Å². The van der Waals surface area contributed by atoms with Crippen molar-refractivity contribution in [2.75, 3.05) is 13.1 Å². The first kappa shape index (κ1) is 8.91. The van der Waals surface area contributed by atoms with Crippen molar-refractivity contribution >= 4 is 6.41 Å². The van der Waals surface area contributed by atoms with E-state index in [1.54, 1.807) is 17.2 Å². The number of rotatable bonds is 6. The van der Waals surface area contributed by atoms with Crippen LogP contribution in [-0.4, -0.2) is 24.5 Å². The molecule has 0 heterocycles. The number of hydrogen-bond donors (Lipinski definition) is 1. The SMILES string of the molecule is C=CCN(CC=C)NC=O. The number of carbonyl (C=O) groups is 1. The van der Waals surface area contributed by atoms with E-state index in [2.05, 4.69) is 18.6 Å². The number of hydrazine groups is 1. The Labute approximate surface area is 61.0 Å². The van der Waals surface area contributed by atoms with Gasteiger partial charge in [-0.3, -0.25) is 10.2 Å². The van der Waals surface area contributed by atoms with Gasteiger partial charge in [0.1, 0.15) is 0 Å². The van der Waals surface area contributed by atoms with Gasteiger partial charge in [-0.05, 0) is 0 Å². The predicted molar refractivity (Wildman–Crippen MR) is 41.2 cm³/mol. The summed E-state index contributed by atoms with van der Waals surface area (Å²) >= 11 is 0. The summed E-state index contributed by atoms with van der Waals surface area (Å²) in [6.45, 7) is 8.33. The molecule has 1 N–H and O–H groups in total. The molecule has 10 heavy (non-hydrogen) atoms. The minimum absolute atomic E-state index is 0.630. The normalized spacial score (nSPS) is 8.90. The van der Waals surface area contributed by atoms with Crippen LogP contribution in [0.2, 0.25) is 0 Å². The van der Waals surface area contributed by atoms with Crippen molar-refractivity contribution in [2.45, 2.75) is 0 Å². The van der Waals surface area contributed by atoms with Crippen molar-refractivity contribution in [3.8, 4) is 0 Å². The van der Waals surface area contributed by atoms with Gasteiger partial charge in [-0.15, -0.1) is 13.2 Å². The highest BCUT2D eigenvalue weighted by molar-refractivity contribution is 5.45.